The van der Waals surface area contributed by atoms with Gasteiger partial charge in [0.25, 0.3) is 5.56 Å². The Morgan fingerprint density at radius 2 is 2.42 bits per heavy atom. The molecule has 12 heavy (non-hydrogen) atoms. The number of rotatable bonds is 0. The molecule has 0 bridgehead atoms. The van der Waals surface area contributed by atoms with Crippen molar-refractivity contribution in [2.75, 3.05) is 0 Å². The molecule has 0 atom stereocenters. The molecule has 2 N–H and O–H groups in total. The first-order chi connectivity index (χ1) is 5.68. The van der Waals surface area contributed by atoms with Crippen molar-refractivity contribution >= 4 is 11.0 Å². The molecule has 0 saturated heterocycles. The number of nitrogens with zero attached hydrogens (tertiary/aromatic N) is 2. The summed E-state index contributed by atoms with van der Waals surface area (Å²) in [5.74, 6) is -0.0400. The topological polar surface area (TPSA) is 70.9 Å². The second-order valence-corrected chi connectivity index (χ2v) is 2.55. The first kappa shape index (κ1) is 6.90. The van der Waals surface area contributed by atoms with Gasteiger partial charge in [0.05, 0.1) is 11.6 Å². The summed E-state index contributed by atoms with van der Waals surface area (Å²) in [5.41, 5.74) is 0.198. The molecule has 0 aliphatic rings. The maximum atomic E-state index is 10.9. The molecular formula is C7H7N3O2. The first-order valence-electron chi connectivity index (χ1n) is 3.42. The number of hydrogen-bond acceptors (Lipinski definition) is 3. The largest absolute Gasteiger partial charge is 0.507 e. The van der Waals surface area contributed by atoms with Crippen molar-refractivity contribution in [3.63, 3.8) is 0 Å². The van der Waals surface area contributed by atoms with Crippen LogP contribution in [0.3, 0.4) is 0 Å². The first-order valence-corrected chi connectivity index (χ1v) is 3.42. The smallest absolute Gasteiger partial charge is 0.253 e. The number of pyridine rings is 1. The van der Waals surface area contributed by atoms with Gasteiger partial charge < -0.3 is 10.1 Å². The molecule has 62 valence electrons. The summed E-state index contributed by atoms with van der Waals surface area (Å²) in [6, 6.07) is 1.13. The lowest BCUT2D eigenvalue weighted by Crippen LogP contribution is -2.05. The fraction of sp³-hybridized carbons (Fsp3) is 0.143. The zero-order chi connectivity index (χ0) is 8.72. The van der Waals surface area contributed by atoms with Crippen LogP contribution >= 0.6 is 0 Å². The van der Waals surface area contributed by atoms with Crippen LogP contribution in [-0.2, 0) is 7.05 Å². The minimum absolute atomic E-state index is 0.0400. The Bertz CT molecular complexity index is 483. The van der Waals surface area contributed by atoms with Crippen LogP contribution < -0.4 is 5.56 Å². The molecule has 0 aliphatic heterocycles. The SMILES string of the molecule is Cn1ncc2c(O)cc(=O)[nH]c21. The number of aromatic nitrogens is 3. The van der Waals surface area contributed by atoms with E-state index in [4.69, 9.17) is 0 Å². The van der Waals surface area contributed by atoms with E-state index in [9.17, 15) is 9.90 Å². The minimum Gasteiger partial charge on any atom is -0.507 e. The van der Waals surface area contributed by atoms with Gasteiger partial charge in [-0.3, -0.25) is 9.48 Å². The zero-order valence-electron chi connectivity index (χ0n) is 6.40. The standard InChI is InChI=1S/C7H7N3O2/c1-10-7-4(3-8-10)5(11)2-6(12)9-7/h2-3H,1H3,(H2,9,11,12). The van der Waals surface area contributed by atoms with Gasteiger partial charge in [0, 0.05) is 13.1 Å². The van der Waals surface area contributed by atoms with Gasteiger partial charge in [-0.15, -0.1) is 0 Å². The van der Waals surface area contributed by atoms with E-state index >= 15 is 0 Å². The minimum atomic E-state index is -0.330. The molecule has 0 fully saturated rings. The zero-order valence-corrected chi connectivity index (χ0v) is 6.40. The molecule has 0 unspecified atom stereocenters. The fourth-order valence-electron chi connectivity index (χ4n) is 1.13. The average molecular weight is 165 g/mol. The third kappa shape index (κ3) is 0.795. The van der Waals surface area contributed by atoms with E-state index in [1.54, 1.807) is 7.05 Å². The highest BCUT2D eigenvalue weighted by Crippen LogP contribution is 2.18. The van der Waals surface area contributed by atoms with E-state index in [0.717, 1.165) is 6.07 Å². The van der Waals surface area contributed by atoms with Crippen LogP contribution in [-0.4, -0.2) is 19.9 Å². The van der Waals surface area contributed by atoms with Crippen molar-refractivity contribution in [3.05, 3.63) is 22.6 Å². The van der Waals surface area contributed by atoms with E-state index in [-0.39, 0.29) is 11.3 Å². The second kappa shape index (κ2) is 2.10. The summed E-state index contributed by atoms with van der Waals surface area (Å²) < 4.78 is 1.50. The molecule has 0 aliphatic carbocycles. The van der Waals surface area contributed by atoms with Crippen molar-refractivity contribution in [2.45, 2.75) is 0 Å². The molecule has 0 saturated carbocycles. The maximum Gasteiger partial charge on any atom is 0.253 e. The summed E-state index contributed by atoms with van der Waals surface area (Å²) in [5, 5.41) is 13.7. The number of aryl methyl sites for hydroxylation is 1. The maximum absolute atomic E-state index is 10.9. The molecule has 2 aromatic rings. The Kier molecular flexibility index (Phi) is 1.21. The van der Waals surface area contributed by atoms with Crippen LogP contribution in [0, 0.1) is 0 Å². The van der Waals surface area contributed by atoms with Crippen LogP contribution in [0.15, 0.2) is 17.1 Å². The molecule has 2 heterocycles. The Morgan fingerprint density at radius 3 is 3.17 bits per heavy atom. The van der Waals surface area contributed by atoms with Crippen LogP contribution in [0.2, 0.25) is 0 Å². The van der Waals surface area contributed by atoms with Gasteiger partial charge in [-0.25, -0.2) is 0 Å². The third-order valence-electron chi connectivity index (χ3n) is 1.72. The number of H-pyrrole nitrogens is 1. The molecule has 0 aromatic carbocycles. The highest BCUT2D eigenvalue weighted by Gasteiger charge is 2.04. The van der Waals surface area contributed by atoms with Gasteiger partial charge in [0.1, 0.15) is 11.4 Å². The Labute approximate surface area is 67.3 Å². The van der Waals surface area contributed by atoms with Crippen molar-refractivity contribution in [2.24, 2.45) is 7.05 Å². The Balaban J connectivity index is 3.02. The van der Waals surface area contributed by atoms with Crippen LogP contribution in [0.25, 0.3) is 11.0 Å². The van der Waals surface area contributed by atoms with Crippen LogP contribution in [0.1, 0.15) is 0 Å². The summed E-state index contributed by atoms with van der Waals surface area (Å²) >= 11 is 0. The van der Waals surface area contributed by atoms with Gasteiger partial charge in [-0.2, -0.15) is 5.10 Å². The van der Waals surface area contributed by atoms with E-state index in [1.165, 1.54) is 10.9 Å². The van der Waals surface area contributed by atoms with Crippen molar-refractivity contribution in [1.82, 2.24) is 14.8 Å². The van der Waals surface area contributed by atoms with Crippen LogP contribution in [0.4, 0.5) is 0 Å². The lowest BCUT2D eigenvalue weighted by Gasteiger charge is -1.94. The highest BCUT2D eigenvalue weighted by atomic mass is 16.3. The molecule has 5 nitrogen and oxygen atoms in total. The quantitative estimate of drug-likeness (QED) is 0.575. The predicted molar refractivity (Wildman–Crippen MR) is 43.0 cm³/mol. The third-order valence-corrected chi connectivity index (χ3v) is 1.72. The predicted octanol–water partition coefficient (Wildman–Crippen LogP) is -0.0328. The highest BCUT2D eigenvalue weighted by molar-refractivity contribution is 5.80. The number of nitrogens with one attached hydrogen (secondary N) is 1. The molecule has 0 spiro atoms. The van der Waals surface area contributed by atoms with E-state index in [1.807, 2.05) is 0 Å². The Morgan fingerprint density at radius 1 is 1.67 bits per heavy atom. The number of aromatic amines is 1. The summed E-state index contributed by atoms with van der Waals surface area (Å²) in [7, 11) is 1.69. The molecule has 0 amide bonds. The number of aromatic hydroxyl groups is 1. The summed E-state index contributed by atoms with van der Waals surface area (Å²) in [6.45, 7) is 0. The lowest BCUT2D eigenvalue weighted by atomic mass is 10.3. The van der Waals surface area contributed by atoms with Gasteiger partial charge in [0.15, 0.2) is 0 Å². The van der Waals surface area contributed by atoms with Crippen molar-refractivity contribution < 1.29 is 5.11 Å². The number of fused-ring (bicyclic) bond motifs is 1. The monoisotopic (exact) mass is 165 g/mol. The van der Waals surface area contributed by atoms with E-state index < -0.39 is 0 Å². The molecule has 2 rings (SSSR count). The molecular weight excluding hydrogens is 158 g/mol. The lowest BCUT2D eigenvalue weighted by molar-refractivity contribution is 0.480. The fourth-order valence-corrected chi connectivity index (χ4v) is 1.13. The van der Waals surface area contributed by atoms with Gasteiger partial charge in [-0.05, 0) is 0 Å². The Hall–Kier alpha value is -1.78. The van der Waals surface area contributed by atoms with Gasteiger partial charge >= 0.3 is 0 Å². The van der Waals surface area contributed by atoms with Crippen molar-refractivity contribution in [1.29, 1.82) is 0 Å². The number of hydrogen-bond donors (Lipinski definition) is 2. The molecule has 2 aromatic heterocycles. The molecule has 0 radical (unpaired) electrons. The van der Waals surface area contributed by atoms with Crippen LogP contribution in [0.5, 0.6) is 5.75 Å². The van der Waals surface area contributed by atoms with Crippen molar-refractivity contribution in [3.8, 4) is 5.75 Å². The van der Waals surface area contributed by atoms with Gasteiger partial charge in [0.2, 0.25) is 0 Å². The second-order valence-electron chi connectivity index (χ2n) is 2.55. The average Bonchev–Trinajstić information content (AvgIpc) is 2.33. The normalized spacial score (nSPS) is 10.8. The van der Waals surface area contributed by atoms with E-state index in [2.05, 4.69) is 10.1 Å². The summed E-state index contributed by atoms with van der Waals surface area (Å²) in [4.78, 5) is 13.5. The molecule has 5 heteroatoms. The van der Waals surface area contributed by atoms with Gasteiger partial charge in [-0.1, -0.05) is 0 Å². The summed E-state index contributed by atoms with van der Waals surface area (Å²) in [6.07, 6.45) is 1.50. The van der Waals surface area contributed by atoms with E-state index in [0.29, 0.717) is 11.0 Å².